The molecule has 2 N–H and O–H groups in total. The Hall–Kier alpha value is -5.30. The number of nitriles is 1. The van der Waals surface area contributed by atoms with E-state index in [0.717, 1.165) is 5.56 Å². The number of nitrogens with zero attached hydrogens (tertiary/aromatic N) is 4. The maximum absolute atomic E-state index is 13.8. The summed E-state index contributed by atoms with van der Waals surface area (Å²) in [6.07, 6.45) is 0. The standard InChI is InChI=1S/C29H26N6O4/c1-17-25(28(36)32-23-7-5-6-8-24(23)39-4)26(19-11-9-18(16-30)10-12-19)35-29(31-17)33-27(34-35)20-13-21(37-2)15-22(14-20)38-3/h5-15,26H,1-4H3,(H,32,36)(H,31,33,34). The van der Waals surface area contributed by atoms with Gasteiger partial charge in [0, 0.05) is 17.3 Å². The van der Waals surface area contributed by atoms with Crippen LogP contribution in [-0.2, 0) is 4.79 Å². The number of allylic oxidation sites excluding steroid dienone is 1. The first kappa shape index (κ1) is 25.4. The lowest BCUT2D eigenvalue weighted by atomic mass is 9.94. The number of benzene rings is 3. The van der Waals surface area contributed by atoms with Crippen molar-refractivity contribution >= 4 is 17.5 Å². The van der Waals surface area contributed by atoms with Gasteiger partial charge in [0.05, 0.1) is 44.2 Å². The summed E-state index contributed by atoms with van der Waals surface area (Å²) in [6.45, 7) is 1.82. The second-order valence-electron chi connectivity index (χ2n) is 8.76. The number of hydrogen-bond donors (Lipinski definition) is 2. The first-order chi connectivity index (χ1) is 18.9. The molecule has 4 aromatic rings. The van der Waals surface area contributed by atoms with Gasteiger partial charge in [-0.1, -0.05) is 24.3 Å². The molecule has 1 atom stereocenters. The van der Waals surface area contributed by atoms with Crippen molar-refractivity contribution in [1.29, 1.82) is 5.26 Å². The van der Waals surface area contributed by atoms with Crippen molar-refractivity contribution < 1.29 is 19.0 Å². The van der Waals surface area contributed by atoms with E-state index in [4.69, 9.17) is 24.3 Å². The fourth-order valence-corrected chi connectivity index (χ4v) is 4.49. The van der Waals surface area contributed by atoms with Crippen molar-refractivity contribution in [2.75, 3.05) is 32.0 Å². The smallest absolute Gasteiger partial charge is 0.255 e. The number of hydrogen-bond acceptors (Lipinski definition) is 8. The minimum atomic E-state index is -0.627. The molecular weight excluding hydrogens is 496 g/mol. The third-order valence-corrected chi connectivity index (χ3v) is 6.42. The van der Waals surface area contributed by atoms with Gasteiger partial charge >= 0.3 is 0 Å². The lowest BCUT2D eigenvalue weighted by Gasteiger charge is -2.28. The molecule has 0 bridgehead atoms. The number of fused-ring (bicyclic) bond motifs is 1. The minimum Gasteiger partial charge on any atom is -0.497 e. The van der Waals surface area contributed by atoms with Crippen LogP contribution in [0.2, 0.25) is 0 Å². The summed E-state index contributed by atoms with van der Waals surface area (Å²) in [5.41, 5.74) is 3.56. The normalized spacial score (nSPS) is 14.1. The molecule has 0 saturated heterocycles. The Kier molecular flexibility index (Phi) is 6.89. The number of aromatic nitrogens is 3. The molecule has 2 heterocycles. The van der Waals surface area contributed by atoms with Crippen LogP contribution in [-0.4, -0.2) is 42.0 Å². The molecule has 10 heteroatoms. The minimum absolute atomic E-state index is 0.329. The molecule has 0 radical (unpaired) electrons. The zero-order valence-corrected chi connectivity index (χ0v) is 21.9. The Morgan fingerprint density at radius 2 is 1.69 bits per heavy atom. The fraction of sp³-hybridized carbons (Fsp3) is 0.172. The van der Waals surface area contributed by atoms with E-state index in [1.165, 1.54) is 0 Å². The molecule has 196 valence electrons. The molecule has 1 aromatic heterocycles. The van der Waals surface area contributed by atoms with E-state index in [9.17, 15) is 10.1 Å². The molecule has 39 heavy (non-hydrogen) atoms. The lowest BCUT2D eigenvalue weighted by Crippen LogP contribution is -2.31. The highest BCUT2D eigenvalue weighted by atomic mass is 16.5. The number of anilines is 2. The van der Waals surface area contributed by atoms with Gasteiger partial charge in [0.15, 0.2) is 5.82 Å². The lowest BCUT2D eigenvalue weighted by molar-refractivity contribution is -0.113. The van der Waals surface area contributed by atoms with E-state index in [2.05, 4.69) is 16.7 Å². The van der Waals surface area contributed by atoms with Crippen LogP contribution in [0.25, 0.3) is 11.4 Å². The fourth-order valence-electron chi connectivity index (χ4n) is 4.49. The molecule has 0 spiro atoms. The molecule has 0 aliphatic carbocycles. The van der Waals surface area contributed by atoms with Gasteiger partial charge in [0.2, 0.25) is 5.95 Å². The van der Waals surface area contributed by atoms with E-state index in [1.54, 1.807) is 56.3 Å². The van der Waals surface area contributed by atoms with Crippen molar-refractivity contribution in [3.05, 3.63) is 89.1 Å². The van der Waals surface area contributed by atoms with Crippen molar-refractivity contribution in [3.8, 4) is 34.7 Å². The maximum atomic E-state index is 13.8. The Balaban J connectivity index is 1.61. The highest BCUT2D eigenvalue weighted by molar-refractivity contribution is 6.06. The summed E-state index contributed by atoms with van der Waals surface area (Å²) in [5, 5.41) is 20.3. The second-order valence-corrected chi connectivity index (χ2v) is 8.76. The molecule has 5 rings (SSSR count). The average molecular weight is 523 g/mol. The largest absolute Gasteiger partial charge is 0.497 e. The van der Waals surface area contributed by atoms with E-state index in [1.807, 2.05) is 43.3 Å². The quantitative estimate of drug-likeness (QED) is 0.356. The van der Waals surface area contributed by atoms with Gasteiger partial charge in [0.1, 0.15) is 23.3 Å². The van der Waals surface area contributed by atoms with Gasteiger partial charge in [-0.15, -0.1) is 5.10 Å². The first-order valence-electron chi connectivity index (χ1n) is 12.1. The van der Waals surface area contributed by atoms with Crippen molar-refractivity contribution in [2.45, 2.75) is 13.0 Å². The summed E-state index contributed by atoms with van der Waals surface area (Å²) in [7, 11) is 4.70. The molecule has 1 aliphatic heterocycles. The number of carbonyl (C=O) groups excluding carboxylic acids is 1. The average Bonchev–Trinajstić information content (AvgIpc) is 3.40. The third kappa shape index (κ3) is 4.85. The number of nitrogens with one attached hydrogen (secondary N) is 2. The van der Waals surface area contributed by atoms with E-state index < -0.39 is 6.04 Å². The zero-order valence-electron chi connectivity index (χ0n) is 21.9. The Morgan fingerprint density at radius 3 is 2.33 bits per heavy atom. The van der Waals surface area contributed by atoms with Crippen molar-refractivity contribution in [1.82, 2.24) is 14.8 Å². The summed E-state index contributed by atoms with van der Waals surface area (Å²) in [5.74, 6) is 2.29. The molecule has 1 aliphatic rings. The zero-order chi connectivity index (χ0) is 27.5. The Labute approximate surface area is 225 Å². The summed E-state index contributed by atoms with van der Waals surface area (Å²) in [4.78, 5) is 18.5. The third-order valence-electron chi connectivity index (χ3n) is 6.42. The van der Waals surface area contributed by atoms with Crippen LogP contribution in [0.3, 0.4) is 0 Å². The van der Waals surface area contributed by atoms with Gasteiger partial charge in [0.25, 0.3) is 5.91 Å². The Morgan fingerprint density at radius 1 is 1.00 bits per heavy atom. The molecule has 10 nitrogen and oxygen atoms in total. The van der Waals surface area contributed by atoms with Gasteiger partial charge in [-0.2, -0.15) is 10.2 Å². The van der Waals surface area contributed by atoms with Crippen molar-refractivity contribution in [3.63, 3.8) is 0 Å². The highest BCUT2D eigenvalue weighted by Crippen LogP contribution is 2.38. The predicted octanol–water partition coefficient (Wildman–Crippen LogP) is 4.77. The number of rotatable bonds is 7. The number of carbonyl (C=O) groups is 1. The van der Waals surface area contributed by atoms with Crippen molar-refractivity contribution in [2.24, 2.45) is 0 Å². The summed E-state index contributed by atoms with van der Waals surface area (Å²) < 4.78 is 17.9. The monoisotopic (exact) mass is 522 g/mol. The SMILES string of the molecule is COc1cc(OC)cc(-c2nc3n(n2)C(c2ccc(C#N)cc2)C(C(=O)Nc2ccccc2OC)=C(C)N3)c1. The highest BCUT2D eigenvalue weighted by Gasteiger charge is 2.35. The molecule has 0 fully saturated rings. The van der Waals surface area contributed by atoms with Crippen LogP contribution in [0, 0.1) is 11.3 Å². The molecular formula is C29H26N6O4. The number of methoxy groups -OCH3 is 3. The number of para-hydroxylation sites is 2. The second kappa shape index (κ2) is 10.6. The van der Waals surface area contributed by atoms with E-state index >= 15 is 0 Å². The molecule has 1 amide bonds. The van der Waals surface area contributed by atoms with Crippen LogP contribution < -0.4 is 24.8 Å². The van der Waals surface area contributed by atoms with Gasteiger partial charge in [-0.25, -0.2) is 4.68 Å². The molecule has 1 unspecified atom stereocenters. The van der Waals surface area contributed by atoms with Crippen LogP contribution in [0.1, 0.15) is 24.1 Å². The van der Waals surface area contributed by atoms with Gasteiger partial charge < -0.3 is 24.8 Å². The number of ether oxygens (including phenoxy) is 3. The summed E-state index contributed by atoms with van der Waals surface area (Å²) >= 11 is 0. The van der Waals surface area contributed by atoms with Gasteiger partial charge in [-0.05, 0) is 48.9 Å². The van der Waals surface area contributed by atoms with Crippen LogP contribution >= 0.6 is 0 Å². The van der Waals surface area contributed by atoms with E-state index in [-0.39, 0.29) is 5.91 Å². The number of amides is 1. The first-order valence-corrected chi connectivity index (χ1v) is 12.1. The van der Waals surface area contributed by atoms with E-state index in [0.29, 0.717) is 57.1 Å². The molecule has 3 aromatic carbocycles. The van der Waals surface area contributed by atoms with Gasteiger partial charge in [-0.3, -0.25) is 4.79 Å². The Bertz CT molecular complexity index is 1600. The summed E-state index contributed by atoms with van der Waals surface area (Å²) in [6, 6.07) is 21.2. The maximum Gasteiger partial charge on any atom is 0.255 e. The van der Waals surface area contributed by atoms with Crippen LogP contribution in [0.4, 0.5) is 11.6 Å². The predicted molar refractivity (Wildman–Crippen MR) is 146 cm³/mol. The molecule has 0 saturated carbocycles. The van der Waals surface area contributed by atoms with Crippen LogP contribution in [0.5, 0.6) is 17.2 Å². The topological polar surface area (TPSA) is 123 Å². The van der Waals surface area contributed by atoms with Crippen LogP contribution in [0.15, 0.2) is 78.0 Å².